The van der Waals surface area contributed by atoms with Crippen molar-refractivity contribution in [3.63, 3.8) is 0 Å². The van der Waals surface area contributed by atoms with E-state index in [0.29, 0.717) is 0 Å². The summed E-state index contributed by atoms with van der Waals surface area (Å²) in [4.78, 5) is 0. The zero-order valence-corrected chi connectivity index (χ0v) is 14.8. The summed E-state index contributed by atoms with van der Waals surface area (Å²) in [5.74, 6) is 0. The summed E-state index contributed by atoms with van der Waals surface area (Å²) in [6.45, 7) is 2.12. The average molecular weight is 348 g/mol. The molecule has 0 aliphatic carbocycles. The van der Waals surface area contributed by atoms with Crippen molar-refractivity contribution in [3.8, 4) is 11.1 Å². The van der Waals surface area contributed by atoms with Gasteiger partial charge in [0.2, 0.25) is 0 Å². The van der Waals surface area contributed by atoms with Crippen molar-refractivity contribution >= 4 is 43.9 Å². The fourth-order valence-corrected chi connectivity index (χ4v) is 4.00. The van der Waals surface area contributed by atoms with Gasteiger partial charge in [0.1, 0.15) is 22.3 Å². The molecule has 27 heavy (non-hydrogen) atoms. The first-order valence-corrected chi connectivity index (χ1v) is 9.11. The van der Waals surface area contributed by atoms with Crippen LogP contribution in [0, 0.1) is 6.92 Å². The van der Waals surface area contributed by atoms with Crippen molar-refractivity contribution in [3.05, 3.63) is 84.4 Å². The fraction of sp³-hybridized carbons (Fsp3) is 0.0400. The van der Waals surface area contributed by atoms with E-state index >= 15 is 0 Å². The third kappa shape index (κ3) is 2.13. The van der Waals surface area contributed by atoms with Crippen molar-refractivity contribution in [1.82, 2.24) is 0 Å². The molecule has 4 aromatic carbocycles. The van der Waals surface area contributed by atoms with Gasteiger partial charge in [-0.3, -0.25) is 0 Å². The molecule has 0 saturated carbocycles. The van der Waals surface area contributed by atoms with Crippen molar-refractivity contribution in [2.45, 2.75) is 6.92 Å². The lowest BCUT2D eigenvalue weighted by Gasteiger charge is -2.03. The van der Waals surface area contributed by atoms with Gasteiger partial charge in [0.05, 0.1) is 0 Å². The minimum absolute atomic E-state index is 0.859. The molecule has 0 bridgehead atoms. The van der Waals surface area contributed by atoms with Gasteiger partial charge in [-0.25, -0.2) is 0 Å². The van der Waals surface area contributed by atoms with Crippen LogP contribution in [0.1, 0.15) is 5.56 Å². The minimum Gasteiger partial charge on any atom is -0.456 e. The Balaban J connectivity index is 1.67. The van der Waals surface area contributed by atoms with E-state index in [1.807, 2.05) is 24.3 Å². The van der Waals surface area contributed by atoms with Gasteiger partial charge in [0.25, 0.3) is 0 Å². The van der Waals surface area contributed by atoms with E-state index in [1.165, 1.54) is 16.7 Å². The van der Waals surface area contributed by atoms with E-state index in [4.69, 9.17) is 8.83 Å². The van der Waals surface area contributed by atoms with Gasteiger partial charge in [-0.15, -0.1) is 0 Å². The van der Waals surface area contributed by atoms with Gasteiger partial charge in [-0.2, -0.15) is 0 Å². The first-order valence-electron chi connectivity index (χ1n) is 9.11. The number of furan rings is 2. The van der Waals surface area contributed by atoms with Gasteiger partial charge >= 0.3 is 0 Å². The minimum atomic E-state index is 0.859. The van der Waals surface area contributed by atoms with Crippen LogP contribution in [0.2, 0.25) is 0 Å². The highest BCUT2D eigenvalue weighted by atomic mass is 16.3. The van der Waals surface area contributed by atoms with Crippen LogP contribution >= 0.6 is 0 Å². The fourth-order valence-electron chi connectivity index (χ4n) is 4.00. The summed E-state index contributed by atoms with van der Waals surface area (Å²) in [5, 5.41) is 4.52. The predicted molar refractivity (Wildman–Crippen MR) is 111 cm³/mol. The third-order valence-corrected chi connectivity index (χ3v) is 5.32. The molecule has 2 nitrogen and oxygen atoms in total. The Bertz CT molecular complexity index is 1480. The smallest absolute Gasteiger partial charge is 0.139 e. The Morgan fingerprint density at radius 3 is 2.04 bits per heavy atom. The molecule has 2 aromatic heterocycles. The lowest BCUT2D eigenvalue weighted by molar-refractivity contribution is 0.656. The van der Waals surface area contributed by atoms with Crippen LogP contribution in [-0.2, 0) is 0 Å². The number of rotatable bonds is 1. The molecule has 0 fully saturated rings. The van der Waals surface area contributed by atoms with E-state index in [9.17, 15) is 0 Å². The zero-order valence-electron chi connectivity index (χ0n) is 14.8. The Labute approximate surface area is 155 Å². The van der Waals surface area contributed by atoms with Crippen LogP contribution in [0.15, 0.2) is 87.7 Å². The maximum atomic E-state index is 6.11. The summed E-state index contributed by atoms with van der Waals surface area (Å²) >= 11 is 0. The summed E-state index contributed by atoms with van der Waals surface area (Å²) in [6, 6.07) is 27.4. The number of hydrogen-bond donors (Lipinski definition) is 0. The van der Waals surface area contributed by atoms with Crippen LogP contribution in [0.25, 0.3) is 55.0 Å². The number of para-hydroxylation sites is 1. The van der Waals surface area contributed by atoms with Crippen LogP contribution in [0.4, 0.5) is 0 Å². The highest BCUT2D eigenvalue weighted by molar-refractivity contribution is 6.15. The molecule has 6 aromatic rings. The monoisotopic (exact) mass is 348 g/mol. The zero-order chi connectivity index (χ0) is 18.0. The van der Waals surface area contributed by atoms with E-state index in [1.54, 1.807) is 0 Å². The normalized spacial score (nSPS) is 11.9. The molecule has 6 rings (SSSR count). The summed E-state index contributed by atoms with van der Waals surface area (Å²) in [5.41, 5.74) is 7.21. The largest absolute Gasteiger partial charge is 0.456 e. The van der Waals surface area contributed by atoms with Crippen LogP contribution in [0.5, 0.6) is 0 Å². The number of benzene rings is 4. The lowest BCUT2D eigenvalue weighted by atomic mass is 10.0. The third-order valence-electron chi connectivity index (χ3n) is 5.32. The van der Waals surface area contributed by atoms with Gasteiger partial charge < -0.3 is 8.83 Å². The second kappa shape index (κ2) is 5.24. The highest BCUT2D eigenvalue weighted by Crippen LogP contribution is 2.37. The lowest BCUT2D eigenvalue weighted by Crippen LogP contribution is -1.79. The quantitative estimate of drug-likeness (QED) is 0.308. The standard InChI is InChI=1S/C25H16O2/c1-15-5-4-6-16(11-15)17-9-10-23-19(12-17)21-13-20-18-7-2-3-8-22(18)26-24(20)14-25(21)27-23/h2-14H,1H3. The Hall–Kier alpha value is -3.52. The van der Waals surface area contributed by atoms with E-state index in [0.717, 1.165) is 43.9 Å². The SMILES string of the molecule is Cc1cccc(-c2ccc3oc4cc5oc6ccccc6c5cc4c3c2)c1. The molecule has 128 valence electrons. The predicted octanol–water partition coefficient (Wildman–Crippen LogP) is 7.46. The topological polar surface area (TPSA) is 26.3 Å². The van der Waals surface area contributed by atoms with Crippen LogP contribution in [-0.4, -0.2) is 0 Å². The molecule has 0 atom stereocenters. The molecule has 0 radical (unpaired) electrons. The number of fused-ring (bicyclic) bond motifs is 6. The average Bonchev–Trinajstić information content (AvgIpc) is 3.23. The van der Waals surface area contributed by atoms with E-state index in [2.05, 4.69) is 61.5 Å². The molecular weight excluding hydrogens is 332 g/mol. The first kappa shape index (κ1) is 14.6. The Morgan fingerprint density at radius 2 is 1.19 bits per heavy atom. The first-order chi connectivity index (χ1) is 13.3. The molecule has 0 saturated heterocycles. The maximum absolute atomic E-state index is 6.11. The van der Waals surface area contributed by atoms with E-state index in [-0.39, 0.29) is 0 Å². The highest BCUT2D eigenvalue weighted by Gasteiger charge is 2.13. The second-order valence-electron chi connectivity index (χ2n) is 7.13. The molecule has 0 unspecified atom stereocenters. The Kier molecular flexibility index (Phi) is 2.84. The van der Waals surface area contributed by atoms with Gasteiger partial charge in [-0.05, 0) is 42.3 Å². The summed E-state index contributed by atoms with van der Waals surface area (Å²) in [7, 11) is 0. The van der Waals surface area contributed by atoms with E-state index < -0.39 is 0 Å². The van der Waals surface area contributed by atoms with Crippen molar-refractivity contribution < 1.29 is 8.83 Å². The molecule has 0 N–H and O–H groups in total. The van der Waals surface area contributed by atoms with Crippen LogP contribution < -0.4 is 0 Å². The van der Waals surface area contributed by atoms with Crippen molar-refractivity contribution in [2.24, 2.45) is 0 Å². The molecule has 2 heteroatoms. The number of aryl methyl sites for hydroxylation is 1. The van der Waals surface area contributed by atoms with Gasteiger partial charge in [0, 0.05) is 27.6 Å². The number of hydrogen-bond acceptors (Lipinski definition) is 2. The maximum Gasteiger partial charge on any atom is 0.139 e. The Morgan fingerprint density at radius 1 is 0.481 bits per heavy atom. The summed E-state index contributed by atoms with van der Waals surface area (Å²) in [6.07, 6.45) is 0. The van der Waals surface area contributed by atoms with Crippen LogP contribution in [0.3, 0.4) is 0 Å². The molecular formula is C25H16O2. The van der Waals surface area contributed by atoms with Crippen molar-refractivity contribution in [1.29, 1.82) is 0 Å². The van der Waals surface area contributed by atoms with Gasteiger partial charge in [0.15, 0.2) is 0 Å². The van der Waals surface area contributed by atoms with Gasteiger partial charge in [-0.1, -0.05) is 54.1 Å². The molecule has 2 heterocycles. The molecule has 0 aliphatic heterocycles. The molecule has 0 amide bonds. The summed E-state index contributed by atoms with van der Waals surface area (Å²) < 4.78 is 12.1. The molecule has 0 aliphatic rings. The second-order valence-corrected chi connectivity index (χ2v) is 7.13. The van der Waals surface area contributed by atoms with Crippen molar-refractivity contribution in [2.75, 3.05) is 0 Å². The molecule has 0 spiro atoms.